The van der Waals surface area contributed by atoms with Gasteiger partial charge in [0.1, 0.15) is 6.26 Å². The smallest absolute Gasteiger partial charge is 0.124 e. The van der Waals surface area contributed by atoms with Gasteiger partial charge in [0.05, 0.1) is 5.69 Å². The summed E-state index contributed by atoms with van der Waals surface area (Å²) in [6, 6.07) is 10.7. The lowest BCUT2D eigenvalue weighted by Gasteiger charge is -2.13. The minimum absolute atomic E-state index is 0.314. The Balaban J connectivity index is 1.93. The molecule has 0 fully saturated rings. The number of aromatic nitrogens is 1. The predicted octanol–water partition coefficient (Wildman–Crippen LogP) is 3.13. The molecule has 1 heterocycles. The monoisotopic (exact) mass is 328 g/mol. The average molecular weight is 328 g/mol. The van der Waals surface area contributed by atoms with Crippen LogP contribution in [0.5, 0.6) is 0 Å². The molecular weight excluding hydrogens is 315 g/mol. The molecule has 0 bridgehead atoms. The summed E-state index contributed by atoms with van der Waals surface area (Å²) in [5.41, 5.74) is 2.21. The molecule has 1 aromatic carbocycles. The largest absolute Gasteiger partial charge is 0.364 e. The van der Waals surface area contributed by atoms with Crippen molar-refractivity contribution < 1.29 is 4.52 Å². The summed E-state index contributed by atoms with van der Waals surface area (Å²) in [6.07, 6.45) is 1.59. The second-order valence-corrected chi connectivity index (χ2v) is 4.89. The van der Waals surface area contributed by atoms with Gasteiger partial charge in [-0.25, -0.2) is 0 Å². The van der Waals surface area contributed by atoms with Gasteiger partial charge in [-0.05, 0) is 47.2 Å². The van der Waals surface area contributed by atoms with Crippen molar-refractivity contribution >= 4 is 22.6 Å². The number of rotatable bonds is 4. The van der Waals surface area contributed by atoms with Gasteiger partial charge in [-0.1, -0.05) is 17.3 Å². The van der Waals surface area contributed by atoms with E-state index in [0.29, 0.717) is 6.04 Å². The SMILES string of the molecule is CC(NCc1ccon1)c1ccc(I)cc1. The van der Waals surface area contributed by atoms with Crippen molar-refractivity contribution in [2.75, 3.05) is 0 Å². The number of hydrogen-bond acceptors (Lipinski definition) is 3. The van der Waals surface area contributed by atoms with E-state index in [0.717, 1.165) is 12.2 Å². The zero-order valence-corrected chi connectivity index (χ0v) is 11.1. The Morgan fingerprint density at radius 1 is 1.31 bits per heavy atom. The molecule has 0 spiro atoms. The number of halogens is 1. The third-order valence-corrected chi connectivity index (χ3v) is 3.17. The molecule has 2 aromatic rings. The van der Waals surface area contributed by atoms with Crippen molar-refractivity contribution in [2.45, 2.75) is 19.5 Å². The third-order valence-electron chi connectivity index (χ3n) is 2.45. The normalized spacial score (nSPS) is 12.6. The summed E-state index contributed by atoms with van der Waals surface area (Å²) in [5.74, 6) is 0. The fraction of sp³-hybridized carbons (Fsp3) is 0.250. The second-order valence-electron chi connectivity index (χ2n) is 3.64. The zero-order valence-electron chi connectivity index (χ0n) is 8.98. The van der Waals surface area contributed by atoms with E-state index >= 15 is 0 Å². The van der Waals surface area contributed by atoms with Gasteiger partial charge in [0.2, 0.25) is 0 Å². The van der Waals surface area contributed by atoms with Gasteiger partial charge in [-0.15, -0.1) is 0 Å². The fourth-order valence-corrected chi connectivity index (χ4v) is 1.82. The lowest BCUT2D eigenvalue weighted by atomic mass is 10.1. The summed E-state index contributed by atoms with van der Waals surface area (Å²) in [6.45, 7) is 2.87. The van der Waals surface area contributed by atoms with Gasteiger partial charge in [-0.2, -0.15) is 0 Å². The van der Waals surface area contributed by atoms with Crippen molar-refractivity contribution in [1.29, 1.82) is 0 Å². The highest BCUT2D eigenvalue weighted by molar-refractivity contribution is 14.1. The molecule has 1 aromatic heterocycles. The number of nitrogens with one attached hydrogen (secondary N) is 1. The molecule has 16 heavy (non-hydrogen) atoms. The van der Waals surface area contributed by atoms with Crippen molar-refractivity contribution in [1.82, 2.24) is 10.5 Å². The van der Waals surface area contributed by atoms with Crippen LogP contribution in [-0.4, -0.2) is 5.16 Å². The van der Waals surface area contributed by atoms with Crippen LogP contribution >= 0.6 is 22.6 Å². The van der Waals surface area contributed by atoms with Crippen LogP contribution in [-0.2, 0) is 6.54 Å². The van der Waals surface area contributed by atoms with Crippen LogP contribution in [0, 0.1) is 3.57 Å². The van der Waals surface area contributed by atoms with Gasteiger partial charge in [0.25, 0.3) is 0 Å². The average Bonchev–Trinajstić information content (AvgIpc) is 2.80. The lowest BCUT2D eigenvalue weighted by molar-refractivity contribution is 0.406. The van der Waals surface area contributed by atoms with Crippen LogP contribution in [0.15, 0.2) is 41.1 Å². The number of hydrogen-bond donors (Lipinski definition) is 1. The van der Waals surface area contributed by atoms with E-state index in [1.165, 1.54) is 9.13 Å². The molecule has 0 saturated heterocycles. The van der Waals surface area contributed by atoms with Crippen LogP contribution < -0.4 is 5.32 Å². The Kier molecular flexibility index (Phi) is 3.95. The van der Waals surface area contributed by atoms with E-state index in [-0.39, 0.29) is 0 Å². The van der Waals surface area contributed by atoms with Crippen molar-refractivity contribution in [3.63, 3.8) is 0 Å². The molecule has 0 aliphatic carbocycles. The van der Waals surface area contributed by atoms with Gasteiger partial charge in [0, 0.05) is 22.2 Å². The third kappa shape index (κ3) is 3.05. The van der Waals surface area contributed by atoms with Crippen LogP contribution in [0.3, 0.4) is 0 Å². The molecule has 1 unspecified atom stereocenters. The molecule has 1 atom stereocenters. The standard InChI is InChI=1S/C12H13IN2O/c1-9(10-2-4-11(13)5-3-10)14-8-12-6-7-16-15-12/h2-7,9,14H,8H2,1H3. The maximum atomic E-state index is 4.78. The molecule has 0 saturated carbocycles. The summed E-state index contributed by atoms with van der Waals surface area (Å²) in [5, 5.41) is 7.25. The van der Waals surface area contributed by atoms with Crippen LogP contribution in [0.4, 0.5) is 0 Å². The summed E-state index contributed by atoms with van der Waals surface area (Å²) < 4.78 is 6.03. The Labute approximate surface area is 108 Å². The Morgan fingerprint density at radius 3 is 2.69 bits per heavy atom. The Bertz CT molecular complexity index is 425. The highest BCUT2D eigenvalue weighted by Gasteiger charge is 2.05. The summed E-state index contributed by atoms with van der Waals surface area (Å²) in [7, 11) is 0. The van der Waals surface area contributed by atoms with E-state index in [4.69, 9.17) is 4.52 Å². The molecule has 0 amide bonds. The van der Waals surface area contributed by atoms with Crippen LogP contribution in [0.25, 0.3) is 0 Å². The minimum Gasteiger partial charge on any atom is -0.364 e. The van der Waals surface area contributed by atoms with Crippen LogP contribution in [0.1, 0.15) is 24.2 Å². The Hall–Kier alpha value is -0.880. The van der Waals surface area contributed by atoms with E-state index in [1.807, 2.05) is 6.07 Å². The maximum Gasteiger partial charge on any atom is 0.124 e. The molecule has 0 aliphatic heterocycles. The quantitative estimate of drug-likeness (QED) is 0.877. The molecule has 84 valence electrons. The Morgan fingerprint density at radius 2 is 2.06 bits per heavy atom. The van der Waals surface area contributed by atoms with Gasteiger partial charge in [0.15, 0.2) is 0 Å². The van der Waals surface area contributed by atoms with Gasteiger partial charge in [-0.3, -0.25) is 0 Å². The first-order valence-electron chi connectivity index (χ1n) is 5.14. The molecule has 0 radical (unpaired) electrons. The first-order valence-corrected chi connectivity index (χ1v) is 6.21. The van der Waals surface area contributed by atoms with Crippen molar-refractivity contribution in [3.8, 4) is 0 Å². The summed E-state index contributed by atoms with van der Waals surface area (Å²) >= 11 is 2.31. The number of benzene rings is 1. The summed E-state index contributed by atoms with van der Waals surface area (Å²) in [4.78, 5) is 0. The molecule has 1 N–H and O–H groups in total. The molecule has 4 heteroatoms. The first kappa shape index (κ1) is 11.6. The molecule has 0 aliphatic rings. The first-order chi connectivity index (χ1) is 7.75. The van der Waals surface area contributed by atoms with E-state index in [9.17, 15) is 0 Å². The molecular formula is C12H13IN2O. The lowest BCUT2D eigenvalue weighted by Crippen LogP contribution is -2.18. The van der Waals surface area contributed by atoms with E-state index in [1.54, 1.807) is 6.26 Å². The minimum atomic E-state index is 0.314. The fourth-order valence-electron chi connectivity index (χ4n) is 1.46. The zero-order chi connectivity index (χ0) is 11.4. The molecule has 2 rings (SSSR count). The number of nitrogens with zero attached hydrogens (tertiary/aromatic N) is 1. The van der Waals surface area contributed by atoms with E-state index in [2.05, 4.69) is 64.3 Å². The van der Waals surface area contributed by atoms with Crippen molar-refractivity contribution in [2.24, 2.45) is 0 Å². The highest BCUT2D eigenvalue weighted by Crippen LogP contribution is 2.14. The maximum absolute atomic E-state index is 4.78. The second kappa shape index (κ2) is 5.45. The van der Waals surface area contributed by atoms with E-state index < -0.39 is 0 Å². The van der Waals surface area contributed by atoms with Crippen molar-refractivity contribution in [3.05, 3.63) is 51.4 Å². The highest BCUT2D eigenvalue weighted by atomic mass is 127. The predicted molar refractivity (Wildman–Crippen MR) is 70.9 cm³/mol. The van der Waals surface area contributed by atoms with Crippen LogP contribution in [0.2, 0.25) is 0 Å². The topological polar surface area (TPSA) is 38.1 Å². The van der Waals surface area contributed by atoms with Gasteiger partial charge < -0.3 is 9.84 Å². The van der Waals surface area contributed by atoms with Gasteiger partial charge >= 0.3 is 0 Å². The molecule has 3 nitrogen and oxygen atoms in total.